The fourth-order valence-corrected chi connectivity index (χ4v) is 0.672. The van der Waals surface area contributed by atoms with Crippen molar-refractivity contribution in [3.05, 3.63) is 0 Å². The predicted molar refractivity (Wildman–Crippen MR) is 50.0 cm³/mol. The number of hydrogen-bond donors (Lipinski definition) is 2. The third-order valence-corrected chi connectivity index (χ3v) is 1.39. The molecule has 5 heteroatoms. The number of hydrogen-bond acceptors (Lipinski definition) is 4. The third kappa shape index (κ3) is 9.10. The van der Waals surface area contributed by atoms with Gasteiger partial charge in [-0.25, -0.2) is 0 Å². The highest BCUT2D eigenvalue weighted by atomic mass is 16.5. The monoisotopic (exact) mass is 190 g/mol. The number of oxime groups is 1. The zero-order valence-electron chi connectivity index (χ0n) is 8.03. The maximum Gasteiger partial charge on any atom is 0.165 e. The topological polar surface area (TPSA) is 77.1 Å². The van der Waals surface area contributed by atoms with Crippen molar-refractivity contribution in [2.75, 3.05) is 26.4 Å². The van der Waals surface area contributed by atoms with Gasteiger partial charge in [-0.15, -0.1) is 0 Å². The zero-order chi connectivity index (χ0) is 9.94. The van der Waals surface area contributed by atoms with Gasteiger partial charge >= 0.3 is 0 Å². The van der Waals surface area contributed by atoms with Crippen molar-refractivity contribution in [3.63, 3.8) is 0 Å². The van der Waals surface area contributed by atoms with E-state index >= 15 is 0 Å². The molecular formula is C8H18N2O3. The highest BCUT2D eigenvalue weighted by molar-refractivity contribution is 5.80. The van der Waals surface area contributed by atoms with Crippen molar-refractivity contribution in [1.82, 2.24) is 0 Å². The molecule has 0 radical (unpaired) electrons. The van der Waals surface area contributed by atoms with Gasteiger partial charge in [0, 0.05) is 6.61 Å². The third-order valence-electron chi connectivity index (χ3n) is 1.39. The van der Waals surface area contributed by atoms with Crippen molar-refractivity contribution in [2.24, 2.45) is 10.9 Å². The van der Waals surface area contributed by atoms with E-state index < -0.39 is 0 Å². The molecule has 78 valence electrons. The fraction of sp³-hybridized carbons (Fsp3) is 0.875. The van der Waals surface area contributed by atoms with Gasteiger partial charge in [0.2, 0.25) is 0 Å². The number of amidine groups is 1. The lowest BCUT2D eigenvalue weighted by Crippen LogP contribution is -2.20. The van der Waals surface area contributed by atoms with Crippen molar-refractivity contribution < 1.29 is 14.7 Å². The summed E-state index contributed by atoms with van der Waals surface area (Å²) < 4.78 is 10.2. The van der Waals surface area contributed by atoms with E-state index in [0.717, 1.165) is 19.4 Å². The lowest BCUT2D eigenvalue weighted by Gasteiger charge is -2.03. The Labute approximate surface area is 78.5 Å². The molecule has 0 amide bonds. The summed E-state index contributed by atoms with van der Waals surface area (Å²) >= 11 is 0. The Balaban J connectivity index is 3.00. The second kappa shape index (κ2) is 9.28. The summed E-state index contributed by atoms with van der Waals surface area (Å²) in [4.78, 5) is 0. The quantitative estimate of drug-likeness (QED) is 0.193. The first-order valence-electron chi connectivity index (χ1n) is 4.43. The SMILES string of the molecule is CCCCOCCOC/C(N)=N/O. The first kappa shape index (κ1) is 12.2. The van der Waals surface area contributed by atoms with Crippen LogP contribution in [-0.2, 0) is 9.47 Å². The minimum atomic E-state index is 0.0774. The fourth-order valence-electron chi connectivity index (χ4n) is 0.672. The van der Waals surface area contributed by atoms with E-state index in [0.29, 0.717) is 13.2 Å². The van der Waals surface area contributed by atoms with Crippen LogP contribution in [0.15, 0.2) is 5.16 Å². The summed E-state index contributed by atoms with van der Waals surface area (Å²) in [5.74, 6) is 0.0774. The van der Waals surface area contributed by atoms with Gasteiger partial charge in [-0.1, -0.05) is 18.5 Å². The second-order valence-corrected chi connectivity index (χ2v) is 2.61. The summed E-state index contributed by atoms with van der Waals surface area (Å²) in [5.41, 5.74) is 5.17. The van der Waals surface area contributed by atoms with Crippen molar-refractivity contribution >= 4 is 5.84 Å². The smallest absolute Gasteiger partial charge is 0.165 e. The van der Waals surface area contributed by atoms with Crippen LogP contribution in [0.2, 0.25) is 0 Å². The van der Waals surface area contributed by atoms with Crippen LogP contribution < -0.4 is 5.73 Å². The van der Waals surface area contributed by atoms with Gasteiger partial charge in [0.1, 0.15) is 6.61 Å². The van der Waals surface area contributed by atoms with Gasteiger partial charge in [0.15, 0.2) is 5.84 Å². The number of rotatable bonds is 8. The molecule has 5 nitrogen and oxygen atoms in total. The molecule has 0 aromatic carbocycles. The van der Waals surface area contributed by atoms with Crippen LogP contribution in [0.5, 0.6) is 0 Å². The zero-order valence-corrected chi connectivity index (χ0v) is 8.03. The Bertz CT molecular complexity index is 139. The molecule has 0 heterocycles. The van der Waals surface area contributed by atoms with E-state index in [2.05, 4.69) is 12.1 Å². The summed E-state index contributed by atoms with van der Waals surface area (Å²) in [6, 6.07) is 0. The molecule has 0 atom stereocenters. The molecule has 13 heavy (non-hydrogen) atoms. The van der Waals surface area contributed by atoms with Gasteiger partial charge in [-0.05, 0) is 6.42 Å². The Kier molecular flexibility index (Phi) is 8.70. The van der Waals surface area contributed by atoms with Crippen LogP contribution in [0, 0.1) is 0 Å². The summed E-state index contributed by atoms with van der Waals surface area (Å²) in [6.45, 7) is 4.05. The van der Waals surface area contributed by atoms with Crippen LogP contribution in [0.3, 0.4) is 0 Å². The first-order valence-corrected chi connectivity index (χ1v) is 4.43. The standard InChI is InChI=1S/C8H18N2O3/c1-2-3-4-12-5-6-13-7-8(9)10-11/h11H,2-7H2,1H3,(H2,9,10). The minimum Gasteiger partial charge on any atom is -0.409 e. The lowest BCUT2D eigenvalue weighted by atomic mass is 10.4. The molecule has 0 rings (SSSR count). The molecule has 0 aliphatic rings. The largest absolute Gasteiger partial charge is 0.409 e. The molecule has 0 bridgehead atoms. The van der Waals surface area contributed by atoms with Gasteiger partial charge in [-0.3, -0.25) is 0 Å². The van der Waals surface area contributed by atoms with Crippen LogP contribution in [0.25, 0.3) is 0 Å². The van der Waals surface area contributed by atoms with Gasteiger partial charge < -0.3 is 20.4 Å². The highest BCUT2D eigenvalue weighted by Gasteiger charge is 1.92. The maximum atomic E-state index is 8.16. The molecule has 0 aliphatic carbocycles. The highest BCUT2D eigenvalue weighted by Crippen LogP contribution is 1.87. The number of ether oxygens (including phenoxy) is 2. The average molecular weight is 190 g/mol. The number of nitrogens with zero attached hydrogens (tertiary/aromatic N) is 1. The molecule has 0 spiro atoms. The van der Waals surface area contributed by atoms with Crippen molar-refractivity contribution in [1.29, 1.82) is 0 Å². The van der Waals surface area contributed by atoms with E-state index in [-0.39, 0.29) is 12.4 Å². The van der Waals surface area contributed by atoms with Crippen molar-refractivity contribution in [2.45, 2.75) is 19.8 Å². The number of nitrogens with two attached hydrogens (primary N) is 1. The van der Waals surface area contributed by atoms with E-state index in [4.69, 9.17) is 20.4 Å². The van der Waals surface area contributed by atoms with E-state index in [9.17, 15) is 0 Å². The van der Waals surface area contributed by atoms with E-state index in [1.54, 1.807) is 0 Å². The lowest BCUT2D eigenvalue weighted by molar-refractivity contribution is 0.0597. The summed E-state index contributed by atoms with van der Waals surface area (Å²) in [5, 5.41) is 10.9. The van der Waals surface area contributed by atoms with Gasteiger partial charge in [-0.2, -0.15) is 0 Å². The van der Waals surface area contributed by atoms with Gasteiger partial charge in [0.25, 0.3) is 0 Å². The average Bonchev–Trinajstić information content (AvgIpc) is 2.16. The molecule has 3 N–H and O–H groups in total. The normalized spacial score (nSPS) is 11.9. The Morgan fingerprint density at radius 3 is 2.62 bits per heavy atom. The van der Waals surface area contributed by atoms with E-state index in [1.165, 1.54) is 0 Å². The first-order chi connectivity index (χ1) is 6.31. The Morgan fingerprint density at radius 2 is 2.00 bits per heavy atom. The summed E-state index contributed by atoms with van der Waals surface area (Å²) in [7, 11) is 0. The molecule has 0 saturated heterocycles. The van der Waals surface area contributed by atoms with Gasteiger partial charge in [0.05, 0.1) is 13.2 Å². The number of unbranched alkanes of at least 4 members (excludes halogenated alkanes) is 1. The van der Waals surface area contributed by atoms with E-state index in [1.807, 2.05) is 0 Å². The van der Waals surface area contributed by atoms with Crippen LogP contribution in [-0.4, -0.2) is 37.5 Å². The molecule has 0 aliphatic heterocycles. The van der Waals surface area contributed by atoms with Crippen LogP contribution in [0.1, 0.15) is 19.8 Å². The molecule has 0 unspecified atom stereocenters. The molecular weight excluding hydrogens is 172 g/mol. The van der Waals surface area contributed by atoms with Crippen LogP contribution in [0.4, 0.5) is 0 Å². The Morgan fingerprint density at radius 1 is 1.31 bits per heavy atom. The van der Waals surface area contributed by atoms with Crippen LogP contribution >= 0.6 is 0 Å². The molecule has 0 aromatic rings. The predicted octanol–water partition coefficient (Wildman–Crippen LogP) is 0.566. The molecule has 0 aromatic heterocycles. The van der Waals surface area contributed by atoms with Crippen molar-refractivity contribution in [3.8, 4) is 0 Å². The molecule has 0 saturated carbocycles. The summed E-state index contributed by atoms with van der Waals surface area (Å²) in [6.07, 6.45) is 2.20. The molecule has 0 fully saturated rings. The maximum absolute atomic E-state index is 8.16. The minimum absolute atomic E-state index is 0.0774. The second-order valence-electron chi connectivity index (χ2n) is 2.61. The Hall–Kier alpha value is -0.810.